The summed E-state index contributed by atoms with van der Waals surface area (Å²) in [6.45, 7) is 20.1. The fourth-order valence-corrected chi connectivity index (χ4v) is 6.44. The van der Waals surface area contributed by atoms with Crippen molar-refractivity contribution in [1.29, 1.82) is 0 Å². The van der Waals surface area contributed by atoms with Gasteiger partial charge >= 0.3 is 31.2 Å². The number of halogens is 2. The first kappa shape index (κ1) is 64.2. The lowest BCUT2D eigenvalue weighted by Crippen LogP contribution is -2.31. The number of aliphatic carboxylic acids is 2. The summed E-state index contributed by atoms with van der Waals surface area (Å²) in [4.78, 5) is 55.5. The second kappa shape index (κ2) is 31.6. The van der Waals surface area contributed by atoms with Crippen molar-refractivity contribution >= 4 is 88.4 Å². The molecule has 0 saturated carbocycles. The summed E-state index contributed by atoms with van der Waals surface area (Å²) in [5.41, 5.74) is 17.9. The Kier molecular flexibility index (Phi) is 27.8. The Labute approximate surface area is 440 Å². The van der Waals surface area contributed by atoms with E-state index < -0.39 is 42.4 Å². The number of nitrogens with one attached hydrogen (secondary N) is 2. The summed E-state index contributed by atoms with van der Waals surface area (Å²) in [6, 6.07) is 32.4. The van der Waals surface area contributed by atoms with E-state index in [9.17, 15) is 24.0 Å². The van der Waals surface area contributed by atoms with Crippen molar-refractivity contribution in [2.45, 2.75) is 118 Å². The third kappa shape index (κ3) is 29.3. The molecule has 0 fully saturated rings. The van der Waals surface area contributed by atoms with Crippen molar-refractivity contribution < 1.29 is 53.7 Å². The molecular formula is C55H71BCl2N4O11. The van der Waals surface area contributed by atoms with Crippen LogP contribution in [0.5, 0.6) is 0 Å². The molecule has 0 aliphatic carbocycles. The van der Waals surface area contributed by atoms with Crippen LogP contribution in [-0.4, -0.2) is 68.5 Å². The van der Waals surface area contributed by atoms with Gasteiger partial charge in [0.15, 0.2) is 0 Å². The fraction of sp³-hybridized carbons (Fsp3) is 0.327. The molecule has 15 nitrogen and oxygen atoms in total. The van der Waals surface area contributed by atoms with Crippen LogP contribution in [0, 0.1) is 13.8 Å². The van der Waals surface area contributed by atoms with Crippen molar-refractivity contribution in [3.05, 3.63) is 159 Å². The predicted octanol–water partition coefficient (Wildman–Crippen LogP) is 11.7. The van der Waals surface area contributed by atoms with Crippen molar-refractivity contribution in [3.8, 4) is 0 Å². The molecule has 5 aromatic rings. The van der Waals surface area contributed by atoms with Crippen LogP contribution in [0.15, 0.2) is 121 Å². The number of carboxylic acid groups (broad SMARTS) is 2. The number of benzene rings is 5. The Hall–Kier alpha value is -6.85. The average molecular weight is 1050 g/mol. The van der Waals surface area contributed by atoms with E-state index in [4.69, 9.17) is 64.4 Å². The van der Waals surface area contributed by atoms with Gasteiger partial charge in [0.1, 0.15) is 17.0 Å². The number of carbonyl (C=O) groups excluding carboxylic acids is 3. The zero-order valence-electron chi connectivity index (χ0n) is 43.5. The van der Waals surface area contributed by atoms with E-state index in [0.29, 0.717) is 40.4 Å². The van der Waals surface area contributed by atoms with Crippen LogP contribution in [0.2, 0.25) is 10.0 Å². The molecule has 0 aromatic heterocycles. The van der Waals surface area contributed by atoms with Crippen LogP contribution in [-0.2, 0) is 30.3 Å². The molecule has 394 valence electrons. The Balaban J connectivity index is 0.000000482. The van der Waals surface area contributed by atoms with Crippen molar-refractivity contribution in [1.82, 2.24) is 0 Å². The minimum atomic E-state index is -1.56. The Morgan fingerprint density at radius 2 is 1.11 bits per heavy atom. The maximum atomic E-state index is 12.2. The number of hydrogen-bond donors (Lipinski definition) is 8. The van der Waals surface area contributed by atoms with Gasteiger partial charge in [0.05, 0.1) is 6.42 Å². The maximum Gasteiger partial charge on any atom is 0.488 e. The lowest BCUT2D eigenvalue weighted by molar-refractivity contribution is -0.137. The quantitative estimate of drug-likeness (QED) is 0.0329. The van der Waals surface area contributed by atoms with Crippen LogP contribution in [0.25, 0.3) is 0 Å². The summed E-state index contributed by atoms with van der Waals surface area (Å²) in [7, 11) is -1.56. The van der Waals surface area contributed by atoms with Crippen LogP contribution >= 0.6 is 23.2 Å². The highest BCUT2D eigenvalue weighted by Crippen LogP contribution is 2.25. The lowest BCUT2D eigenvalue weighted by Gasteiger charge is -2.20. The molecule has 2 atom stereocenters. The van der Waals surface area contributed by atoms with Gasteiger partial charge in [-0.3, -0.25) is 20.2 Å². The third-order valence-corrected chi connectivity index (χ3v) is 10.4. The minimum absolute atomic E-state index is 0.0515. The van der Waals surface area contributed by atoms with Crippen molar-refractivity contribution in [3.63, 3.8) is 0 Å². The van der Waals surface area contributed by atoms with Gasteiger partial charge in [-0.2, -0.15) is 0 Å². The largest absolute Gasteiger partial charge is 0.488 e. The number of nitrogens with two attached hydrogens (primary N) is 2. The normalized spacial score (nSPS) is 11.4. The van der Waals surface area contributed by atoms with Crippen LogP contribution in [0.1, 0.15) is 115 Å². The molecule has 0 heterocycles. The summed E-state index contributed by atoms with van der Waals surface area (Å²) in [5, 5.41) is 41.2. The molecule has 5 rings (SSSR count). The minimum Gasteiger partial charge on any atom is -0.481 e. The van der Waals surface area contributed by atoms with E-state index in [0.717, 1.165) is 44.6 Å². The van der Waals surface area contributed by atoms with Gasteiger partial charge in [0.25, 0.3) is 0 Å². The Morgan fingerprint density at radius 1 is 0.644 bits per heavy atom. The van der Waals surface area contributed by atoms with E-state index in [1.807, 2.05) is 81.4 Å². The van der Waals surface area contributed by atoms with Crippen molar-refractivity contribution in [2.24, 2.45) is 0 Å². The van der Waals surface area contributed by atoms with Gasteiger partial charge in [-0.15, -0.1) is 0 Å². The predicted molar refractivity (Wildman–Crippen MR) is 295 cm³/mol. The fourth-order valence-electron chi connectivity index (χ4n) is 6.05. The topological polar surface area (TPSA) is 261 Å². The second-order valence-corrected chi connectivity index (χ2v) is 19.6. The number of carboxylic acids is 2. The van der Waals surface area contributed by atoms with Gasteiger partial charge in [0, 0.05) is 51.7 Å². The van der Waals surface area contributed by atoms with Gasteiger partial charge in [0.2, 0.25) is 0 Å². The average Bonchev–Trinajstić information content (AvgIpc) is 3.26. The smallest absolute Gasteiger partial charge is 0.481 e. The van der Waals surface area contributed by atoms with Gasteiger partial charge in [-0.05, 0) is 162 Å². The molecule has 0 spiro atoms. The van der Waals surface area contributed by atoms with Gasteiger partial charge in [-0.1, -0.05) is 97.7 Å². The summed E-state index contributed by atoms with van der Waals surface area (Å²) in [5.74, 6) is -1.47. The van der Waals surface area contributed by atoms with E-state index in [-0.39, 0.29) is 24.0 Å². The summed E-state index contributed by atoms with van der Waals surface area (Å²) >= 11 is 11.8. The molecule has 0 radical (unpaired) electrons. The molecule has 18 heteroatoms. The second-order valence-electron chi connectivity index (χ2n) is 18.8. The number of ether oxygens (including phenoxy) is 2. The zero-order valence-corrected chi connectivity index (χ0v) is 45.0. The standard InChI is InChI=1S/C18H20ClNO.C15H21NO4.C11H16BNO4.C7H8ClN.C4H6O2/c1-12-6-7-14(10-18(12)19)9-17(21)8-13(2)15-4-3-5-16(20)11-15;1-10(8-13(17)18)11-6-5-7-12(9-11)16-14(19)20-15(2,3)4;1-11(2,3)17-10(14)13-9-6-4-5-8(7-9)12(15)16;1-5-2-3-6(9)4-7(5)8;1-2-3-4(5)6/h3-7,10-11,13H,8-9,20H2,1-2H3;5-7,9-10H,8H2,1-4H3,(H,16,19)(H,17,18);4-7,15-16H,1-3H3,(H,13,14);2-4H,9H2,1H3;2-3H,1H3,(H,5,6)/b;;;;3-2+. The number of anilines is 4. The molecule has 5 aromatic carbocycles. The molecule has 0 bridgehead atoms. The maximum absolute atomic E-state index is 12.2. The van der Waals surface area contributed by atoms with E-state index >= 15 is 0 Å². The number of carbonyl (C=O) groups is 5. The van der Waals surface area contributed by atoms with E-state index in [1.165, 1.54) is 12.1 Å². The molecule has 2 amide bonds. The molecule has 73 heavy (non-hydrogen) atoms. The number of rotatable bonds is 12. The highest BCUT2D eigenvalue weighted by Gasteiger charge is 2.19. The number of nitrogen functional groups attached to an aromatic ring is 2. The van der Waals surface area contributed by atoms with Crippen LogP contribution in [0.4, 0.5) is 32.3 Å². The third-order valence-electron chi connectivity index (χ3n) is 9.57. The summed E-state index contributed by atoms with van der Waals surface area (Å²) in [6.07, 6.45) is 2.43. The van der Waals surface area contributed by atoms with Gasteiger partial charge in [-0.25, -0.2) is 14.4 Å². The van der Waals surface area contributed by atoms with Crippen LogP contribution in [0.3, 0.4) is 0 Å². The molecule has 2 unspecified atom stereocenters. The molecule has 0 aliphatic rings. The first-order chi connectivity index (χ1) is 33.9. The Morgan fingerprint density at radius 3 is 1.55 bits per heavy atom. The number of ketones is 1. The number of hydrogen-bond acceptors (Lipinski definition) is 11. The molecular weight excluding hydrogens is 974 g/mol. The molecule has 10 N–H and O–H groups in total. The summed E-state index contributed by atoms with van der Waals surface area (Å²) < 4.78 is 10.2. The van der Waals surface area contributed by atoms with E-state index in [2.05, 4.69) is 17.6 Å². The van der Waals surface area contributed by atoms with E-state index in [1.54, 1.807) is 90.9 Å². The van der Waals surface area contributed by atoms with Gasteiger partial charge < -0.3 is 41.2 Å². The molecule has 0 aliphatic heterocycles. The lowest BCUT2D eigenvalue weighted by atomic mass is 9.80. The number of aryl methyl sites for hydroxylation is 2. The number of allylic oxidation sites excluding steroid dienone is 1. The highest BCUT2D eigenvalue weighted by molar-refractivity contribution is 6.58. The highest BCUT2D eigenvalue weighted by atomic mass is 35.5. The first-order valence-corrected chi connectivity index (χ1v) is 23.9. The first-order valence-electron chi connectivity index (χ1n) is 23.1. The SMILES string of the molecule is C/C=C/C(=O)O.CC(C)(C)OC(=O)Nc1cccc(B(O)O)c1.CC(CC(=O)O)c1cccc(NC(=O)OC(C)(C)C)c1.Cc1ccc(CC(=O)CC(C)c2cccc(N)c2)cc1Cl.Cc1ccc(N)cc1Cl. The van der Waals surface area contributed by atoms with Crippen LogP contribution < -0.4 is 27.6 Å². The molecule has 0 saturated heterocycles. The number of Topliss-reactive ketones (excluding diaryl/α,β-unsaturated/α-hetero) is 1. The van der Waals surface area contributed by atoms with Crippen molar-refractivity contribution in [2.75, 3.05) is 22.1 Å². The monoisotopic (exact) mass is 1040 g/mol. The Bertz CT molecular complexity index is 2610. The zero-order chi connectivity index (χ0) is 55.6. The number of amides is 2.